The van der Waals surface area contributed by atoms with Gasteiger partial charge in [-0.2, -0.15) is 5.21 Å². The van der Waals surface area contributed by atoms with Crippen molar-refractivity contribution >= 4 is 11.8 Å². The number of allylic oxidation sites excluding steroid dienone is 4. The number of tetrazole rings is 1. The average molecular weight is 378 g/mol. The predicted molar refractivity (Wildman–Crippen MR) is 99.9 cm³/mol. The van der Waals surface area contributed by atoms with Gasteiger partial charge in [0.25, 0.3) is 0 Å². The van der Waals surface area contributed by atoms with Crippen molar-refractivity contribution in [2.24, 2.45) is 0 Å². The number of carbonyl (C=O) groups is 1. The normalized spacial score (nSPS) is 21.0. The third kappa shape index (κ3) is 3.29. The van der Waals surface area contributed by atoms with Gasteiger partial charge in [0.15, 0.2) is 11.6 Å². The number of rotatable bonds is 5. The topological polar surface area (TPSA) is 130 Å². The molecular formula is C19H18N6O3. The van der Waals surface area contributed by atoms with Gasteiger partial charge >= 0.3 is 6.09 Å². The number of aromatic amines is 1. The Kier molecular flexibility index (Phi) is 4.48. The summed E-state index contributed by atoms with van der Waals surface area (Å²) in [5, 5.41) is 29.7. The van der Waals surface area contributed by atoms with Crippen LogP contribution in [0.4, 0.5) is 10.5 Å². The number of hydrogen-bond acceptors (Lipinski definition) is 6. The molecule has 28 heavy (non-hydrogen) atoms. The molecule has 0 aliphatic heterocycles. The van der Waals surface area contributed by atoms with Crippen LogP contribution in [-0.4, -0.2) is 37.0 Å². The lowest BCUT2D eigenvalue weighted by Crippen LogP contribution is -2.28. The highest BCUT2D eigenvalue weighted by molar-refractivity contribution is 5.85. The first-order valence-corrected chi connectivity index (χ1v) is 8.70. The summed E-state index contributed by atoms with van der Waals surface area (Å²) in [5.41, 5.74) is 1.13. The number of H-pyrrole nitrogens is 1. The van der Waals surface area contributed by atoms with Crippen molar-refractivity contribution in [2.45, 2.75) is 24.7 Å². The molecule has 3 N–H and O–H groups in total. The molecule has 9 nitrogen and oxygen atoms in total. The van der Waals surface area contributed by atoms with Gasteiger partial charge in [-0.1, -0.05) is 65.0 Å². The summed E-state index contributed by atoms with van der Waals surface area (Å²) < 4.78 is 5.56. The molecule has 2 heterocycles. The van der Waals surface area contributed by atoms with E-state index < -0.39 is 11.5 Å². The zero-order valence-electron chi connectivity index (χ0n) is 15.0. The van der Waals surface area contributed by atoms with E-state index in [9.17, 15) is 9.90 Å². The second kappa shape index (κ2) is 7.10. The Labute approximate surface area is 160 Å². The first kappa shape index (κ1) is 17.7. The van der Waals surface area contributed by atoms with Crippen LogP contribution < -0.4 is 5.32 Å². The number of amides is 1. The van der Waals surface area contributed by atoms with Crippen LogP contribution in [0.15, 0.2) is 59.2 Å². The van der Waals surface area contributed by atoms with E-state index in [1.807, 2.05) is 30.4 Å². The summed E-state index contributed by atoms with van der Waals surface area (Å²) in [7, 11) is 0. The number of aromatic nitrogens is 5. The molecule has 1 aliphatic carbocycles. The monoisotopic (exact) mass is 378 g/mol. The summed E-state index contributed by atoms with van der Waals surface area (Å²) in [6.45, 7) is 1.68. The third-order valence-electron chi connectivity index (χ3n) is 4.74. The molecule has 0 atom stereocenters. The van der Waals surface area contributed by atoms with E-state index >= 15 is 0 Å². The highest BCUT2D eigenvalue weighted by Gasteiger charge is 2.38. The first-order valence-electron chi connectivity index (χ1n) is 8.70. The minimum atomic E-state index is -1.19. The van der Waals surface area contributed by atoms with Crippen LogP contribution in [-0.2, 0) is 11.8 Å². The lowest BCUT2D eigenvalue weighted by molar-refractivity contribution is 0.209. The molecule has 0 radical (unpaired) electrons. The van der Waals surface area contributed by atoms with E-state index in [1.54, 1.807) is 6.92 Å². The molecule has 0 spiro atoms. The average Bonchev–Trinajstić information content (AvgIpc) is 3.33. The second-order valence-electron chi connectivity index (χ2n) is 6.60. The Hall–Kier alpha value is -3.75. The maximum absolute atomic E-state index is 11.3. The summed E-state index contributed by atoms with van der Waals surface area (Å²) in [4.78, 5) is 11.3. The van der Waals surface area contributed by atoms with E-state index in [2.05, 4.69) is 55.4 Å². The van der Waals surface area contributed by atoms with Gasteiger partial charge in [-0.25, -0.2) is 4.79 Å². The van der Waals surface area contributed by atoms with Crippen LogP contribution in [0.2, 0.25) is 0 Å². The van der Waals surface area contributed by atoms with E-state index in [-0.39, 0.29) is 5.92 Å². The number of aryl methyl sites for hydroxylation is 1. The fourth-order valence-electron chi connectivity index (χ4n) is 3.38. The molecule has 0 saturated heterocycles. The van der Waals surface area contributed by atoms with Crippen molar-refractivity contribution in [3.63, 3.8) is 0 Å². The lowest BCUT2D eigenvalue weighted by atomic mass is 9.75. The zero-order chi connectivity index (χ0) is 19.6. The van der Waals surface area contributed by atoms with E-state index in [1.165, 1.54) is 0 Å². The highest BCUT2D eigenvalue weighted by atomic mass is 16.5. The SMILES string of the molecule is Cc1noc(C2(Cc3nn[nH]n3)C=CC(c3ccccc3)C=C2)c1NC(=O)O. The van der Waals surface area contributed by atoms with Crippen LogP contribution in [0.5, 0.6) is 0 Å². The van der Waals surface area contributed by atoms with Gasteiger partial charge in [0, 0.05) is 12.3 Å². The molecule has 4 rings (SSSR count). The summed E-state index contributed by atoms with van der Waals surface area (Å²) >= 11 is 0. The maximum Gasteiger partial charge on any atom is 0.409 e. The Morgan fingerprint density at radius 1 is 1.29 bits per heavy atom. The molecule has 1 aliphatic rings. The quantitative estimate of drug-likeness (QED) is 0.582. The molecule has 3 aromatic rings. The number of anilines is 1. The Morgan fingerprint density at radius 2 is 2.04 bits per heavy atom. The maximum atomic E-state index is 11.3. The molecule has 142 valence electrons. The smallest absolute Gasteiger partial charge is 0.409 e. The van der Waals surface area contributed by atoms with Gasteiger partial charge in [-0.15, -0.1) is 10.2 Å². The highest BCUT2D eigenvalue weighted by Crippen LogP contribution is 2.41. The first-order chi connectivity index (χ1) is 13.6. The Bertz CT molecular complexity index is 1010. The number of benzene rings is 1. The number of hydrogen-bond donors (Lipinski definition) is 3. The minimum Gasteiger partial charge on any atom is -0.465 e. The van der Waals surface area contributed by atoms with Gasteiger partial charge < -0.3 is 9.63 Å². The molecular weight excluding hydrogens is 360 g/mol. The van der Waals surface area contributed by atoms with Crippen LogP contribution in [0.1, 0.15) is 28.8 Å². The van der Waals surface area contributed by atoms with E-state index in [0.717, 1.165) is 5.56 Å². The Balaban J connectivity index is 1.76. The molecule has 0 unspecified atom stereocenters. The molecule has 0 saturated carbocycles. The van der Waals surface area contributed by atoms with Crippen molar-refractivity contribution in [1.29, 1.82) is 0 Å². The van der Waals surface area contributed by atoms with E-state index in [4.69, 9.17) is 4.52 Å². The molecule has 2 aromatic heterocycles. The number of carboxylic acid groups (broad SMARTS) is 1. The van der Waals surface area contributed by atoms with Crippen molar-refractivity contribution in [2.75, 3.05) is 5.32 Å². The predicted octanol–water partition coefficient (Wildman–Crippen LogP) is 2.98. The van der Waals surface area contributed by atoms with Gasteiger partial charge in [0.1, 0.15) is 11.4 Å². The molecule has 1 amide bonds. The fraction of sp³-hybridized carbons (Fsp3) is 0.211. The van der Waals surface area contributed by atoms with Gasteiger partial charge in [0.05, 0.1) is 5.41 Å². The standard InChI is InChI=1S/C19H18N6O3/c1-12-16(20-18(26)27)17(28-23-12)19(11-15-21-24-25-22-15)9-7-14(8-10-19)13-5-3-2-4-6-13/h2-10,14,20H,11H2,1H3,(H,26,27)(H,21,22,24,25). The fourth-order valence-corrected chi connectivity index (χ4v) is 3.38. The van der Waals surface area contributed by atoms with Crippen LogP contribution in [0.25, 0.3) is 0 Å². The Morgan fingerprint density at radius 3 is 2.68 bits per heavy atom. The molecule has 0 fully saturated rings. The summed E-state index contributed by atoms with van der Waals surface area (Å²) in [5.74, 6) is 0.957. The van der Waals surface area contributed by atoms with Crippen molar-refractivity contribution < 1.29 is 14.4 Å². The molecule has 0 bridgehead atoms. The van der Waals surface area contributed by atoms with Crippen LogP contribution in [0, 0.1) is 6.92 Å². The van der Waals surface area contributed by atoms with Crippen molar-refractivity contribution in [1.82, 2.24) is 25.8 Å². The number of nitrogens with one attached hydrogen (secondary N) is 2. The number of nitrogens with zero attached hydrogens (tertiary/aromatic N) is 4. The molecule has 1 aromatic carbocycles. The van der Waals surface area contributed by atoms with Crippen molar-refractivity contribution in [3.8, 4) is 0 Å². The minimum absolute atomic E-state index is 0.0968. The zero-order valence-corrected chi connectivity index (χ0v) is 15.0. The lowest BCUT2D eigenvalue weighted by Gasteiger charge is -2.28. The van der Waals surface area contributed by atoms with Gasteiger partial charge in [0.2, 0.25) is 0 Å². The van der Waals surface area contributed by atoms with E-state index in [0.29, 0.717) is 29.4 Å². The summed E-state index contributed by atoms with van der Waals surface area (Å²) in [6.07, 6.45) is 7.21. The summed E-state index contributed by atoms with van der Waals surface area (Å²) in [6, 6.07) is 10.1. The van der Waals surface area contributed by atoms with Crippen molar-refractivity contribution in [3.05, 3.63) is 77.5 Å². The van der Waals surface area contributed by atoms with Gasteiger partial charge in [-0.3, -0.25) is 5.32 Å². The van der Waals surface area contributed by atoms with Crippen LogP contribution in [0.3, 0.4) is 0 Å². The second-order valence-corrected chi connectivity index (χ2v) is 6.60. The van der Waals surface area contributed by atoms with Gasteiger partial charge in [-0.05, 0) is 12.5 Å². The molecule has 9 heteroatoms. The van der Waals surface area contributed by atoms with Crippen LogP contribution >= 0.6 is 0 Å². The largest absolute Gasteiger partial charge is 0.465 e. The third-order valence-corrected chi connectivity index (χ3v) is 4.74.